The number of amides is 1. The van der Waals surface area contributed by atoms with Crippen LogP contribution in [0.25, 0.3) is 5.65 Å². The van der Waals surface area contributed by atoms with Gasteiger partial charge in [0.25, 0.3) is 5.91 Å². The predicted octanol–water partition coefficient (Wildman–Crippen LogP) is 0.489. The summed E-state index contributed by atoms with van der Waals surface area (Å²) in [4.78, 5) is 19.1. The smallest absolute Gasteiger partial charge is 0.274 e. The number of hydrogen-bond acceptors (Lipinski definition) is 7. The van der Waals surface area contributed by atoms with E-state index in [9.17, 15) is 4.79 Å². The number of pyridine rings is 1. The molecule has 0 saturated carbocycles. The third-order valence-corrected chi connectivity index (χ3v) is 4.54. The Kier molecular flexibility index (Phi) is 4.82. The van der Waals surface area contributed by atoms with E-state index >= 15 is 0 Å². The summed E-state index contributed by atoms with van der Waals surface area (Å²) in [5.74, 6) is 0.468. The molecule has 10 heteroatoms. The Morgan fingerprint density at radius 1 is 1.44 bits per heavy atom. The Balaban J connectivity index is 1.52. The van der Waals surface area contributed by atoms with Gasteiger partial charge in [-0.3, -0.25) is 4.79 Å². The first-order valence-electron chi connectivity index (χ1n) is 8.77. The largest absolute Gasteiger partial charge is 0.383 e. The van der Waals surface area contributed by atoms with E-state index in [-0.39, 0.29) is 12.0 Å². The summed E-state index contributed by atoms with van der Waals surface area (Å²) in [6, 6.07) is 3.93. The van der Waals surface area contributed by atoms with Crippen molar-refractivity contribution in [2.45, 2.75) is 19.6 Å². The molecule has 1 fully saturated rings. The molecule has 0 spiro atoms. The lowest BCUT2D eigenvalue weighted by Crippen LogP contribution is -2.43. The lowest BCUT2D eigenvalue weighted by Gasteiger charge is -2.31. The van der Waals surface area contributed by atoms with Crippen molar-refractivity contribution in [1.82, 2.24) is 34.5 Å². The standard InChI is InChI=1S/C17H21N7O3/c1-12-3-4-22-10-13(18-15(22)9-12)17(25)23-5-8-27-14(11-23)16-19-20-21-24(16)6-7-26-2/h3-4,9-10,14H,5-8,11H2,1-2H3/t14-/m1/s1. The Morgan fingerprint density at radius 2 is 2.33 bits per heavy atom. The van der Waals surface area contributed by atoms with Crippen LogP contribution < -0.4 is 0 Å². The first kappa shape index (κ1) is 17.6. The van der Waals surface area contributed by atoms with Crippen LogP contribution in [0.3, 0.4) is 0 Å². The van der Waals surface area contributed by atoms with Crippen LogP contribution >= 0.6 is 0 Å². The fourth-order valence-corrected chi connectivity index (χ4v) is 3.12. The molecule has 142 valence electrons. The van der Waals surface area contributed by atoms with Crippen LogP contribution in [-0.2, 0) is 16.0 Å². The molecule has 0 aromatic carbocycles. The van der Waals surface area contributed by atoms with Crippen LogP contribution in [0.1, 0.15) is 28.0 Å². The summed E-state index contributed by atoms with van der Waals surface area (Å²) in [5, 5.41) is 11.8. The molecule has 0 bridgehead atoms. The van der Waals surface area contributed by atoms with Crippen molar-refractivity contribution in [3.63, 3.8) is 0 Å². The van der Waals surface area contributed by atoms with Gasteiger partial charge < -0.3 is 18.8 Å². The first-order chi connectivity index (χ1) is 13.2. The fraction of sp³-hybridized carbons (Fsp3) is 0.471. The zero-order chi connectivity index (χ0) is 18.8. The van der Waals surface area contributed by atoms with Crippen molar-refractivity contribution in [3.8, 4) is 0 Å². The molecule has 1 atom stereocenters. The maximum absolute atomic E-state index is 12.9. The molecule has 4 rings (SSSR count). The SMILES string of the molecule is COCCn1nnnc1[C@H]1CN(C(=O)c2cn3ccc(C)cc3n2)CCO1. The molecule has 1 saturated heterocycles. The van der Waals surface area contributed by atoms with Crippen LogP contribution in [0, 0.1) is 6.92 Å². The minimum Gasteiger partial charge on any atom is -0.383 e. The second-order valence-electron chi connectivity index (χ2n) is 6.46. The normalized spacial score (nSPS) is 17.6. The van der Waals surface area contributed by atoms with Crippen molar-refractivity contribution >= 4 is 11.6 Å². The summed E-state index contributed by atoms with van der Waals surface area (Å²) < 4.78 is 14.4. The Hall–Kier alpha value is -2.85. The van der Waals surface area contributed by atoms with Gasteiger partial charge in [-0.25, -0.2) is 9.67 Å². The van der Waals surface area contributed by atoms with Crippen molar-refractivity contribution in [3.05, 3.63) is 41.6 Å². The van der Waals surface area contributed by atoms with E-state index < -0.39 is 0 Å². The Morgan fingerprint density at radius 3 is 3.19 bits per heavy atom. The molecular weight excluding hydrogens is 350 g/mol. The third kappa shape index (κ3) is 3.53. The third-order valence-electron chi connectivity index (χ3n) is 4.54. The zero-order valence-electron chi connectivity index (χ0n) is 15.3. The van der Waals surface area contributed by atoms with E-state index in [0.29, 0.717) is 44.4 Å². The number of rotatable bonds is 5. The lowest BCUT2D eigenvalue weighted by molar-refractivity contribution is -0.0293. The second-order valence-corrected chi connectivity index (χ2v) is 6.46. The highest BCUT2D eigenvalue weighted by Crippen LogP contribution is 2.21. The molecule has 0 radical (unpaired) electrons. The molecule has 10 nitrogen and oxygen atoms in total. The minimum atomic E-state index is -0.381. The van der Waals surface area contributed by atoms with E-state index in [2.05, 4.69) is 20.5 Å². The van der Waals surface area contributed by atoms with Gasteiger partial charge in [-0.2, -0.15) is 0 Å². The molecule has 1 aliphatic rings. The molecule has 1 aliphatic heterocycles. The van der Waals surface area contributed by atoms with Crippen molar-refractivity contribution in [2.75, 3.05) is 33.4 Å². The maximum atomic E-state index is 12.9. The van der Waals surface area contributed by atoms with Gasteiger partial charge in [0, 0.05) is 26.0 Å². The van der Waals surface area contributed by atoms with Crippen molar-refractivity contribution < 1.29 is 14.3 Å². The number of aromatic nitrogens is 6. The number of morpholine rings is 1. The summed E-state index contributed by atoms with van der Waals surface area (Å²) in [5.41, 5.74) is 2.27. The van der Waals surface area contributed by atoms with E-state index in [0.717, 1.165) is 11.2 Å². The molecule has 0 unspecified atom stereocenters. The van der Waals surface area contributed by atoms with Gasteiger partial charge in [-0.05, 0) is 35.0 Å². The van der Waals surface area contributed by atoms with E-state index in [4.69, 9.17) is 9.47 Å². The van der Waals surface area contributed by atoms with Gasteiger partial charge in [0.1, 0.15) is 17.4 Å². The summed E-state index contributed by atoms with van der Waals surface area (Å²) in [6.07, 6.45) is 3.28. The highest BCUT2D eigenvalue weighted by atomic mass is 16.5. The molecule has 27 heavy (non-hydrogen) atoms. The molecule has 0 aliphatic carbocycles. The average molecular weight is 371 g/mol. The van der Waals surface area contributed by atoms with Gasteiger partial charge in [-0.1, -0.05) is 0 Å². The van der Waals surface area contributed by atoms with Gasteiger partial charge >= 0.3 is 0 Å². The maximum Gasteiger partial charge on any atom is 0.274 e. The number of imidazole rings is 1. The molecule has 1 amide bonds. The Bertz CT molecular complexity index is 951. The number of nitrogens with zero attached hydrogens (tertiary/aromatic N) is 7. The quantitative estimate of drug-likeness (QED) is 0.643. The van der Waals surface area contributed by atoms with Gasteiger partial charge in [0.2, 0.25) is 0 Å². The predicted molar refractivity (Wildman–Crippen MR) is 94.2 cm³/mol. The van der Waals surface area contributed by atoms with Crippen LogP contribution in [0.4, 0.5) is 0 Å². The zero-order valence-corrected chi connectivity index (χ0v) is 15.3. The van der Waals surface area contributed by atoms with E-state index in [1.807, 2.05) is 29.7 Å². The number of tetrazole rings is 1. The van der Waals surface area contributed by atoms with Crippen molar-refractivity contribution in [2.24, 2.45) is 0 Å². The van der Waals surface area contributed by atoms with Crippen LogP contribution in [0.5, 0.6) is 0 Å². The van der Waals surface area contributed by atoms with Crippen LogP contribution in [0.15, 0.2) is 24.5 Å². The molecule has 3 aromatic heterocycles. The first-order valence-corrected chi connectivity index (χ1v) is 8.77. The number of hydrogen-bond donors (Lipinski definition) is 0. The monoisotopic (exact) mass is 371 g/mol. The topological polar surface area (TPSA) is 99.7 Å². The Labute approximate surface area is 155 Å². The molecule has 0 N–H and O–H groups in total. The second kappa shape index (κ2) is 7.41. The number of methoxy groups -OCH3 is 1. The molecular formula is C17H21N7O3. The van der Waals surface area contributed by atoms with Crippen molar-refractivity contribution in [1.29, 1.82) is 0 Å². The van der Waals surface area contributed by atoms with Gasteiger partial charge in [0.15, 0.2) is 5.82 Å². The summed E-state index contributed by atoms with van der Waals surface area (Å²) in [6.45, 7) is 4.31. The lowest BCUT2D eigenvalue weighted by atomic mass is 10.2. The molecule has 4 heterocycles. The molecule has 3 aromatic rings. The minimum absolute atomic E-state index is 0.124. The number of carbonyl (C=O) groups is 1. The summed E-state index contributed by atoms with van der Waals surface area (Å²) in [7, 11) is 1.62. The van der Waals surface area contributed by atoms with E-state index in [1.54, 1.807) is 22.9 Å². The average Bonchev–Trinajstić information content (AvgIpc) is 3.32. The summed E-state index contributed by atoms with van der Waals surface area (Å²) >= 11 is 0. The van der Waals surface area contributed by atoms with E-state index in [1.165, 1.54) is 0 Å². The highest BCUT2D eigenvalue weighted by Gasteiger charge is 2.30. The number of ether oxygens (including phenoxy) is 2. The number of carbonyl (C=O) groups excluding carboxylic acids is 1. The van der Waals surface area contributed by atoms with Gasteiger partial charge in [0.05, 0.1) is 26.3 Å². The fourth-order valence-electron chi connectivity index (χ4n) is 3.12. The van der Waals surface area contributed by atoms with Crippen LogP contribution in [-0.4, -0.2) is 73.8 Å². The van der Waals surface area contributed by atoms with Crippen LogP contribution in [0.2, 0.25) is 0 Å². The van der Waals surface area contributed by atoms with Gasteiger partial charge in [-0.15, -0.1) is 5.10 Å². The number of aryl methyl sites for hydroxylation is 1. The highest BCUT2D eigenvalue weighted by molar-refractivity contribution is 5.93. The number of fused-ring (bicyclic) bond motifs is 1.